The van der Waals surface area contributed by atoms with Crippen LogP contribution in [0.2, 0.25) is 0 Å². The second kappa shape index (κ2) is 13.1. The first kappa shape index (κ1) is 24.8. The molecule has 0 saturated carbocycles. The van der Waals surface area contributed by atoms with Crippen LogP contribution >= 0.6 is 24.0 Å². The highest BCUT2D eigenvalue weighted by Crippen LogP contribution is 2.14. The molecule has 0 amide bonds. The van der Waals surface area contributed by atoms with Crippen molar-refractivity contribution in [1.29, 1.82) is 0 Å². The van der Waals surface area contributed by atoms with Gasteiger partial charge in [-0.1, -0.05) is 18.2 Å². The molecule has 0 spiro atoms. The van der Waals surface area contributed by atoms with Crippen molar-refractivity contribution < 1.29 is 9.13 Å². The molecule has 7 heteroatoms. The lowest BCUT2D eigenvalue weighted by Crippen LogP contribution is -2.48. The summed E-state index contributed by atoms with van der Waals surface area (Å²) in [7, 11) is 1.57. The van der Waals surface area contributed by atoms with Crippen LogP contribution in [-0.2, 0) is 17.9 Å². The average molecular weight is 504 g/mol. The fraction of sp³-hybridized carbons (Fsp3) is 0.571. The molecule has 0 unspecified atom stereocenters. The number of likely N-dealkylation sites (tertiary alicyclic amines) is 1. The predicted octanol–water partition coefficient (Wildman–Crippen LogP) is 3.69. The lowest BCUT2D eigenvalue weighted by Gasteiger charge is -2.33. The molecule has 28 heavy (non-hydrogen) atoms. The number of rotatable bonds is 8. The largest absolute Gasteiger partial charge is 0.380 e. The number of nitrogens with one attached hydrogen (secondary N) is 2. The summed E-state index contributed by atoms with van der Waals surface area (Å²) in [5.41, 5.74) is 2.74. The van der Waals surface area contributed by atoms with E-state index in [0.717, 1.165) is 50.5 Å². The Morgan fingerprint density at radius 1 is 1.36 bits per heavy atom. The maximum atomic E-state index is 13.7. The summed E-state index contributed by atoms with van der Waals surface area (Å²) in [6, 6.07) is 5.50. The number of hydrogen-bond acceptors (Lipinski definition) is 3. The molecule has 2 N–H and O–H groups in total. The molecule has 1 aromatic rings. The molecule has 5 nitrogen and oxygen atoms in total. The third-order valence-electron chi connectivity index (χ3n) is 4.60. The van der Waals surface area contributed by atoms with E-state index in [1.165, 1.54) is 11.6 Å². The van der Waals surface area contributed by atoms with Gasteiger partial charge in [-0.3, -0.25) is 4.90 Å². The topological polar surface area (TPSA) is 48.9 Å². The second-order valence-electron chi connectivity index (χ2n) is 7.21. The summed E-state index contributed by atoms with van der Waals surface area (Å²) in [5.74, 6) is 0.574. The molecule has 0 aliphatic carbocycles. The van der Waals surface area contributed by atoms with Crippen LogP contribution in [0.5, 0.6) is 0 Å². The molecule has 0 atom stereocenters. The van der Waals surface area contributed by atoms with Crippen molar-refractivity contribution in [3.05, 3.63) is 47.3 Å². The van der Waals surface area contributed by atoms with E-state index in [2.05, 4.69) is 41.0 Å². The van der Waals surface area contributed by atoms with Gasteiger partial charge >= 0.3 is 0 Å². The molecule has 0 radical (unpaired) electrons. The van der Waals surface area contributed by atoms with Gasteiger partial charge in [-0.15, -0.1) is 24.0 Å². The third kappa shape index (κ3) is 8.45. The Balaban J connectivity index is 0.00000392. The molecule has 1 saturated heterocycles. The zero-order valence-corrected chi connectivity index (χ0v) is 19.6. The van der Waals surface area contributed by atoms with Gasteiger partial charge in [0.05, 0.1) is 13.2 Å². The van der Waals surface area contributed by atoms with E-state index in [9.17, 15) is 4.39 Å². The standard InChI is InChI=1S/C21H33FN4O.HI/c1-5-23-21(25-19-8-10-26(11-9-19)14-16(2)3)24-13-17-6-7-20(22)18(12-17)15-27-4;/h6-7,12,19H,2,5,8-11,13-15H2,1,3-4H3,(H2,23,24,25);1H. The monoisotopic (exact) mass is 504 g/mol. The van der Waals surface area contributed by atoms with Crippen LogP contribution in [0.1, 0.15) is 37.8 Å². The van der Waals surface area contributed by atoms with E-state index in [4.69, 9.17) is 4.74 Å². The number of aliphatic imine (C=N–C) groups is 1. The minimum absolute atomic E-state index is 0. The lowest BCUT2D eigenvalue weighted by molar-refractivity contribution is 0.181. The molecule has 0 aromatic heterocycles. The van der Waals surface area contributed by atoms with Gasteiger partial charge in [0.1, 0.15) is 5.82 Å². The van der Waals surface area contributed by atoms with E-state index in [-0.39, 0.29) is 36.4 Å². The Morgan fingerprint density at radius 2 is 2.07 bits per heavy atom. The van der Waals surface area contributed by atoms with Gasteiger partial charge in [-0.05, 0) is 44.4 Å². The normalized spacial score (nSPS) is 15.8. The predicted molar refractivity (Wildman–Crippen MR) is 125 cm³/mol. The maximum Gasteiger partial charge on any atom is 0.191 e. The van der Waals surface area contributed by atoms with Crippen LogP contribution in [-0.4, -0.2) is 50.2 Å². The maximum absolute atomic E-state index is 13.7. The van der Waals surface area contributed by atoms with Gasteiger partial charge in [0.25, 0.3) is 0 Å². The number of ether oxygens (including phenoxy) is 1. The van der Waals surface area contributed by atoms with Crippen LogP contribution in [0.15, 0.2) is 35.3 Å². The third-order valence-corrected chi connectivity index (χ3v) is 4.60. The summed E-state index contributed by atoms with van der Waals surface area (Å²) in [6.45, 7) is 12.8. The van der Waals surface area contributed by atoms with Crippen molar-refractivity contribution in [2.45, 2.75) is 45.9 Å². The second-order valence-corrected chi connectivity index (χ2v) is 7.21. The molecule has 1 aliphatic rings. The number of halogens is 2. The highest BCUT2D eigenvalue weighted by Gasteiger charge is 2.19. The lowest BCUT2D eigenvalue weighted by atomic mass is 10.0. The van der Waals surface area contributed by atoms with E-state index >= 15 is 0 Å². The summed E-state index contributed by atoms with van der Waals surface area (Å²) >= 11 is 0. The van der Waals surface area contributed by atoms with Gasteiger partial charge in [0.2, 0.25) is 0 Å². The van der Waals surface area contributed by atoms with E-state index in [0.29, 0.717) is 18.2 Å². The van der Waals surface area contributed by atoms with Crippen molar-refractivity contribution >= 4 is 29.9 Å². The fourth-order valence-corrected chi connectivity index (χ4v) is 3.29. The average Bonchev–Trinajstić information content (AvgIpc) is 2.63. The van der Waals surface area contributed by atoms with Crippen LogP contribution in [0.4, 0.5) is 4.39 Å². The van der Waals surface area contributed by atoms with Gasteiger partial charge in [0, 0.05) is 44.9 Å². The first-order chi connectivity index (χ1) is 13.0. The Morgan fingerprint density at radius 3 is 2.68 bits per heavy atom. The number of guanidine groups is 1. The Hall–Kier alpha value is -1.19. The molecule has 1 heterocycles. The van der Waals surface area contributed by atoms with Gasteiger partial charge in [-0.2, -0.15) is 0 Å². The van der Waals surface area contributed by atoms with E-state index in [1.807, 2.05) is 6.07 Å². The van der Waals surface area contributed by atoms with E-state index in [1.54, 1.807) is 13.2 Å². The minimum Gasteiger partial charge on any atom is -0.380 e. The van der Waals surface area contributed by atoms with Crippen LogP contribution < -0.4 is 10.6 Å². The van der Waals surface area contributed by atoms with Crippen LogP contribution in [0.25, 0.3) is 0 Å². The minimum atomic E-state index is -0.240. The quantitative estimate of drug-likeness (QED) is 0.246. The van der Waals surface area contributed by atoms with Crippen molar-refractivity contribution in [3.63, 3.8) is 0 Å². The van der Waals surface area contributed by atoms with Crippen molar-refractivity contribution in [1.82, 2.24) is 15.5 Å². The summed E-state index contributed by atoms with van der Waals surface area (Å²) in [6.07, 6.45) is 2.18. The van der Waals surface area contributed by atoms with Crippen molar-refractivity contribution in [2.75, 3.05) is 33.3 Å². The SMILES string of the molecule is C=C(C)CN1CCC(NC(=NCc2ccc(F)c(COC)c2)NCC)CC1.I. The van der Waals surface area contributed by atoms with Crippen molar-refractivity contribution in [2.24, 2.45) is 4.99 Å². The van der Waals surface area contributed by atoms with E-state index < -0.39 is 0 Å². The Kier molecular flexibility index (Phi) is 11.6. The smallest absolute Gasteiger partial charge is 0.191 e. The summed E-state index contributed by atoms with van der Waals surface area (Å²) < 4.78 is 18.8. The van der Waals surface area contributed by atoms with Gasteiger partial charge < -0.3 is 15.4 Å². The fourth-order valence-electron chi connectivity index (χ4n) is 3.29. The van der Waals surface area contributed by atoms with Gasteiger partial charge in [0.15, 0.2) is 5.96 Å². The molecule has 1 aliphatic heterocycles. The first-order valence-electron chi connectivity index (χ1n) is 9.69. The Bertz CT molecular complexity index is 645. The molecular weight excluding hydrogens is 470 g/mol. The molecule has 1 aromatic carbocycles. The number of benzene rings is 1. The summed E-state index contributed by atoms with van der Waals surface area (Å²) in [5, 5.41) is 6.85. The molecule has 158 valence electrons. The molecule has 1 fully saturated rings. The zero-order chi connectivity index (χ0) is 19.6. The van der Waals surface area contributed by atoms with Gasteiger partial charge in [-0.25, -0.2) is 9.38 Å². The highest BCUT2D eigenvalue weighted by atomic mass is 127. The highest BCUT2D eigenvalue weighted by molar-refractivity contribution is 14.0. The number of piperidine rings is 1. The van der Waals surface area contributed by atoms with Crippen LogP contribution in [0, 0.1) is 5.82 Å². The first-order valence-corrected chi connectivity index (χ1v) is 9.69. The number of methoxy groups -OCH3 is 1. The van der Waals surface area contributed by atoms with Crippen molar-refractivity contribution in [3.8, 4) is 0 Å². The molecule has 2 rings (SSSR count). The molecule has 0 bridgehead atoms. The Labute approximate surface area is 185 Å². The zero-order valence-electron chi connectivity index (χ0n) is 17.3. The van der Waals surface area contributed by atoms with Crippen LogP contribution in [0.3, 0.4) is 0 Å². The number of nitrogens with zero attached hydrogens (tertiary/aromatic N) is 2. The summed E-state index contributed by atoms with van der Waals surface area (Å²) in [4.78, 5) is 7.12. The number of hydrogen-bond donors (Lipinski definition) is 2. The molecular formula is C21H34FIN4O.